The van der Waals surface area contributed by atoms with Crippen molar-refractivity contribution in [2.75, 3.05) is 36.7 Å². The molecule has 0 saturated carbocycles. The van der Waals surface area contributed by atoms with E-state index in [0.29, 0.717) is 17.5 Å². The Morgan fingerprint density at radius 2 is 1.94 bits per heavy atom. The Hall–Kier alpha value is -2.91. The summed E-state index contributed by atoms with van der Waals surface area (Å²) in [6, 6.07) is 13.8. The molecule has 1 aromatic heterocycles. The number of benzene rings is 2. The number of hydrogen-bond donors (Lipinski definition) is 1. The number of amides is 1. The lowest BCUT2D eigenvalue weighted by Crippen LogP contribution is -2.18. The van der Waals surface area contributed by atoms with Crippen molar-refractivity contribution in [1.82, 2.24) is 14.8 Å². The van der Waals surface area contributed by atoms with E-state index in [4.69, 9.17) is 4.74 Å². The zero-order valence-corrected chi connectivity index (χ0v) is 18.9. The fourth-order valence-corrected chi connectivity index (χ4v) is 4.28. The Bertz CT molecular complexity index is 1050. The molecule has 7 nitrogen and oxygen atoms in total. The molecule has 3 aromatic rings. The Kier molecular flexibility index (Phi) is 7.06. The predicted octanol–water partition coefficient (Wildman–Crippen LogP) is 4.06. The van der Waals surface area contributed by atoms with Gasteiger partial charge in [-0.25, -0.2) is 4.39 Å². The molecule has 1 N–H and O–H groups in total. The number of thioether (sulfide) groups is 1. The monoisotopic (exact) mass is 455 g/mol. The lowest BCUT2D eigenvalue weighted by molar-refractivity contribution is -0.113. The summed E-state index contributed by atoms with van der Waals surface area (Å²) >= 11 is 1.32. The summed E-state index contributed by atoms with van der Waals surface area (Å²) in [5.74, 6) is 0.414. The molecule has 1 aliphatic rings. The number of carbonyl (C=O) groups is 1. The highest BCUT2D eigenvalue weighted by Crippen LogP contribution is 2.27. The lowest BCUT2D eigenvalue weighted by Gasteiger charge is -2.15. The Balaban J connectivity index is 1.46. The number of nitrogens with zero attached hydrogens (tertiary/aromatic N) is 4. The van der Waals surface area contributed by atoms with Crippen LogP contribution in [-0.4, -0.2) is 53.2 Å². The molecule has 2 heterocycles. The number of rotatable bonds is 8. The van der Waals surface area contributed by atoms with Crippen molar-refractivity contribution in [2.45, 2.75) is 30.6 Å². The van der Waals surface area contributed by atoms with Gasteiger partial charge in [0.2, 0.25) is 5.91 Å². The van der Waals surface area contributed by atoms with Crippen molar-refractivity contribution in [3.05, 3.63) is 54.3 Å². The minimum absolute atomic E-state index is 0.0774. The van der Waals surface area contributed by atoms with Gasteiger partial charge in [-0.1, -0.05) is 11.8 Å². The van der Waals surface area contributed by atoms with Gasteiger partial charge in [0.05, 0.1) is 18.4 Å². The molecule has 1 atom stereocenters. The van der Waals surface area contributed by atoms with Crippen LogP contribution >= 0.6 is 11.8 Å². The van der Waals surface area contributed by atoms with Gasteiger partial charge < -0.3 is 15.0 Å². The van der Waals surface area contributed by atoms with E-state index in [1.807, 2.05) is 47.8 Å². The highest BCUT2D eigenvalue weighted by molar-refractivity contribution is 7.99. The highest BCUT2D eigenvalue weighted by Gasteiger charge is 2.22. The van der Waals surface area contributed by atoms with Crippen LogP contribution in [0.5, 0.6) is 0 Å². The maximum absolute atomic E-state index is 13.4. The zero-order chi connectivity index (χ0) is 22.5. The number of nitrogens with one attached hydrogen (secondary N) is 1. The van der Waals surface area contributed by atoms with Crippen LogP contribution < -0.4 is 10.2 Å². The van der Waals surface area contributed by atoms with Gasteiger partial charge in [0.1, 0.15) is 5.82 Å². The third-order valence-electron chi connectivity index (χ3n) is 5.23. The molecule has 9 heteroatoms. The van der Waals surface area contributed by atoms with Gasteiger partial charge in [-0.05, 0) is 61.4 Å². The SMILES string of the molecule is CN(C)c1ccc(NC(=O)CSc2nnc(-c3ccc(F)cc3)n2CC2CCCO2)cc1. The summed E-state index contributed by atoms with van der Waals surface area (Å²) in [6.07, 6.45) is 2.07. The van der Waals surface area contributed by atoms with Crippen molar-refractivity contribution in [1.29, 1.82) is 0 Å². The Morgan fingerprint density at radius 3 is 2.59 bits per heavy atom. The van der Waals surface area contributed by atoms with Gasteiger partial charge in [0, 0.05) is 37.6 Å². The molecule has 0 aliphatic carbocycles. The van der Waals surface area contributed by atoms with E-state index in [9.17, 15) is 9.18 Å². The van der Waals surface area contributed by atoms with Gasteiger partial charge in [-0.15, -0.1) is 10.2 Å². The second-order valence-corrected chi connectivity index (χ2v) is 8.78. The summed E-state index contributed by atoms with van der Waals surface area (Å²) in [5, 5.41) is 12.2. The Labute approximate surface area is 191 Å². The first-order valence-electron chi connectivity index (χ1n) is 10.5. The molecule has 0 radical (unpaired) electrons. The van der Waals surface area contributed by atoms with E-state index in [0.717, 1.165) is 36.4 Å². The molecule has 1 amide bonds. The average Bonchev–Trinajstić information content (AvgIpc) is 3.44. The predicted molar refractivity (Wildman–Crippen MR) is 125 cm³/mol. The van der Waals surface area contributed by atoms with E-state index in [-0.39, 0.29) is 23.6 Å². The van der Waals surface area contributed by atoms with Crippen molar-refractivity contribution >= 4 is 29.0 Å². The molecule has 1 fully saturated rings. The maximum atomic E-state index is 13.4. The molecule has 4 rings (SSSR count). The molecule has 0 bridgehead atoms. The average molecular weight is 456 g/mol. The molecule has 1 saturated heterocycles. The van der Waals surface area contributed by atoms with E-state index >= 15 is 0 Å². The van der Waals surface area contributed by atoms with E-state index in [1.54, 1.807) is 12.1 Å². The Morgan fingerprint density at radius 1 is 1.19 bits per heavy atom. The number of carbonyl (C=O) groups excluding carboxylic acids is 1. The molecule has 168 valence electrons. The normalized spacial score (nSPS) is 15.7. The van der Waals surface area contributed by atoms with Crippen molar-refractivity contribution in [3.63, 3.8) is 0 Å². The summed E-state index contributed by atoms with van der Waals surface area (Å²) < 4.78 is 21.1. The second kappa shape index (κ2) is 10.1. The molecule has 0 spiro atoms. The summed E-state index contributed by atoms with van der Waals surface area (Å²) in [7, 11) is 3.94. The van der Waals surface area contributed by atoms with E-state index in [1.165, 1.54) is 23.9 Å². The van der Waals surface area contributed by atoms with Gasteiger partial charge in [0.25, 0.3) is 0 Å². The lowest BCUT2D eigenvalue weighted by atomic mass is 10.2. The first kappa shape index (κ1) is 22.3. The number of anilines is 2. The minimum atomic E-state index is -0.302. The second-order valence-electron chi connectivity index (χ2n) is 7.84. The number of ether oxygens (including phenoxy) is 1. The van der Waals surface area contributed by atoms with Crippen LogP contribution in [0.3, 0.4) is 0 Å². The van der Waals surface area contributed by atoms with E-state index in [2.05, 4.69) is 15.5 Å². The third kappa shape index (κ3) is 5.46. The van der Waals surface area contributed by atoms with Crippen molar-refractivity contribution < 1.29 is 13.9 Å². The smallest absolute Gasteiger partial charge is 0.234 e. The van der Waals surface area contributed by atoms with Crippen molar-refractivity contribution in [3.8, 4) is 11.4 Å². The van der Waals surface area contributed by atoms with Gasteiger partial charge in [-0.2, -0.15) is 0 Å². The first-order chi connectivity index (χ1) is 15.5. The van der Waals surface area contributed by atoms with Gasteiger partial charge in [0.15, 0.2) is 11.0 Å². The maximum Gasteiger partial charge on any atom is 0.234 e. The standard InChI is InChI=1S/C23H26FN5O2S/c1-28(2)19-11-9-18(10-12-19)25-21(30)15-32-23-27-26-22(16-5-7-17(24)8-6-16)29(23)14-20-4-3-13-31-20/h5-12,20H,3-4,13-15H2,1-2H3,(H,25,30). The third-order valence-corrected chi connectivity index (χ3v) is 6.20. The molecular formula is C23H26FN5O2S. The van der Waals surface area contributed by atoms with Crippen LogP contribution in [0.25, 0.3) is 11.4 Å². The molecule has 1 unspecified atom stereocenters. The van der Waals surface area contributed by atoms with Crippen LogP contribution in [0.15, 0.2) is 53.7 Å². The largest absolute Gasteiger partial charge is 0.378 e. The minimum Gasteiger partial charge on any atom is -0.378 e. The molecule has 32 heavy (non-hydrogen) atoms. The summed E-state index contributed by atoms with van der Waals surface area (Å²) in [6.45, 7) is 1.34. The number of hydrogen-bond acceptors (Lipinski definition) is 6. The number of aromatic nitrogens is 3. The van der Waals surface area contributed by atoms with Crippen LogP contribution in [0.1, 0.15) is 12.8 Å². The topological polar surface area (TPSA) is 72.3 Å². The van der Waals surface area contributed by atoms with Crippen molar-refractivity contribution in [2.24, 2.45) is 0 Å². The molecule has 2 aromatic carbocycles. The fourth-order valence-electron chi connectivity index (χ4n) is 3.53. The molecular weight excluding hydrogens is 429 g/mol. The van der Waals surface area contributed by atoms with Crippen LogP contribution in [0, 0.1) is 5.82 Å². The van der Waals surface area contributed by atoms with Crippen LogP contribution in [0.2, 0.25) is 0 Å². The summed E-state index contributed by atoms with van der Waals surface area (Å²) in [4.78, 5) is 14.5. The first-order valence-corrected chi connectivity index (χ1v) is 11.5. The number of halogens is 1. The van der Waals surface area contributed by atoms with E-state index < -0.39 is 0 Å². The molecule has 1 aliphatic heterocycles. The van der Waals surface area contributed by atoms with Crippen LogP contribution in [-0.2, 0) is 16.1 Å². The zero-order valence-electron chi connectivity index (χ0n) is 18.1. The quantitative estimate of drug-likeness (QED) is 0.517. The van der Waals surface area contributed by atoms with Gasteiger partial charge in [-0.3, -0.25) is 9.36 Å². The van der Waals surface area contributed by atoms with Crippen LogP contribution in [0.4, 0.5) is 15.8 Å². The highest BCUT2D eigenvalue weighted by atomic mass is 32.2. The van der Waals surface area contributed by atoms with Gasteiger partial charge >= 0.3 is 0 Å². The fraction of sp³-hybridized carbons (Fsp3) is 0.348. The summed E-state index contributed by atoms with van der Waals surface area (Å²) in [5.41, 5.74) is 2.58.